The summed E-state index contributed by atoms with van der Waals surface area (Å²) in [7, 11) is 0. The Labute approximate surface area is 186 Å². The molecule has 1 fully saturated rings. The molecule has 2 aromatic heterocycles. The number of carbonyl (C=O) groups excluding carboxylic acids is 2. The molecule has 0 radical (unpaired) electrons. The molecule has 0 spiro atoms. The first-order valence-corrected chi connectivity index (χ1v) is 10.8. The minimum absolute atomic E-state index is 0.00893. The lowest BCUT2D eigenvalue weighted by molar-refractivity contribution is -0.121. The highest BCUT2D eigenvalue weighted by molar-refractivity contribution is 5.89. The highest BCUT2D eigenvalue weighted by Gasteiger charge is 2.23. The van der Waals surface area contributed by atoms with Crippen LogP contribution in [0.2, 0.25) is 0 Å². The van der Waals surface area contributed by atoms with Crippen LogP contribution in [0.4, 0.5) is 10.5 Å². The fourth-order valence-electron chi connectivity index (χ4n) is 3.68. The third kappa shape index (κ3) is 5.69. The third-order valence-electron chi connectivity index (χ3n) is 5.43. The van der Waals surface area contributed by atoms with Crippen LogP contribution in [0.5, 0.6) is 0 Å². The number of rotatable bonds is 3. The Bertz CT molecular complexity index is 1020. The van der Waals surface area contributed by atoms with Crippen molar-refractivity contribution in [3.8, 4) is 11.4 Å². The second-order valence-electron chi connectivity index (χ2n) is 7.71. The highest BCUT2D eigenvalue weighted by atomic mass is 16.5. The molecule has 1 unspecified atom stereocenters. The molecule has 0 aliphatic carbocycles. The molecule has 1 aliphatic rings. The van der Waals surface area contributed by atoms with Gasteiger partial charge < -0.3 is 20.1 Å². The van der Waals surface area contributed by atoms with Crippen LogP contribution in [0.15, 0.2) is 59.4 Å². The molecule has 2 N–H and O–H groups in total. The Hall–Kier alpha value is -3.75. The number of benzene rings is 1. The molecule has 1 saturated heterocycles. The van der Waals surface area contributed by atoms with Crippen molar-refractivity contribution in [3.63, 3.8) is 0 Å². The van der Waals surface area contributed by atoms with Gasteiger partial charge in [-0.1, -0.05) is 23.4 Å². The van der Waals surface area contributed by atoms with E-state index in [1.807, 2.05) is 42.5 Å². The maximum atomic E-state index is 12.8. The number of amides is 3. The van der Waals surface area contributed by atoms with Crippen molar-refractivity contribution >= 4 is 17.6 Å². The Kier molecular flexibility index (Phi) is 7.06. The first-order chi connectivity index (χ1) is 15.7. The lowest BCUT2D eigenvalue weighted by atomic mass is 9.99. The maximum Gasteiger partial charge on any atom is 0.321 e. The van der Waals surface area contributed by atoms with Gasteiger partial charge in [0, 0.05) is 55.6 Å². The first kappa shape index (κ1) is 21.5. The average molecular weight is 435 g/mol. The van der Waals surface area contributed by atoms with Crippen LogP contribution in [0.1, 0.15) is 37.5 Å². The van der Waals surface area contributed by atoms with Gasteiger partial charge >= 0.3 is 6.03 Å². The number of urea groups is 1. The molecule has 9 nitrogen and oxygen atoms in total. The number of anilines is 1. The topological polar surface area (TPSA) is 113 Å². The van der Waals surface area contributed by atoms with Gasteiger partial charge in [-0.15, -0.1) is 0 Å². The van der Waals surface area contributed by atoms with Crippen LogP contribution in [0, 0.1) is 0 Å². The number of hydrogen-bond acceptors (Lipinski definition) is 6. The largest absolute Gasteiger partial charge is 0.356 e. The van der Waals surface area contributed by atoms with Crippen molar-refractivity contribution in [1.29, 1.82) is 0 Å². The number of pyridine rings is 1. The van der Waals surface area contributed by atoms with Gasteiger partial charge in [-0.25, -0.2) is 4.79 Å². The zero-order valence-electron chi connectivity index (χ0n) is 17.7. The van der Waals surface area contributed by atoms with E-state index in [1.54, 1.807) is 17.3 Å². The van der Waals surface area contributed by atoms with Gasteiger partial charge in [-0.2, -0.15) is 4.98 Å². The quantitative estimate of drug-likeness (QED) is 0.653. The summed E-state index contributed by atoms with van der Waals surface area (Å²) in [5, 5.41) is 9.92. The summed E-state index contributed by atoms with van der Waals surface area (Å²) < 4.78 is 5.54. The van der Waals surface area contributed by atoms with E-state index < -0.39 is 0 Å². The Morgan fingerprint density at radius 3 is 2.81 bits per heavy atom. The zero-order valence-corrected chi connectivity index (χ0v) is 17.7. The van der Waals surface area contributed by atoms with Crippen LogP contribution >= 0.6 is 0 Å². The summed E-state index contributed by atoms with van der Waals surface area (Å²) in [4.78, 5) is 35.4. The van der Waals surface area contributed by atoms with Crippen molar-refractivity contribution in [1.82, 2.24) is 25.3 Å². The summed E-state index contributed by atoms with van der Waals surface area (Å²) >= 11 is 0. The maximum absolute atomic E-state index is 12.8. The predicted octanol–water partition coefficient (Wildman–Crippen LogP) is 3.44. The molecule has 1 aromatic carbocycles. The van der Waals surface area contributed by atoms with Gasteiger partial charge in [-0.3, -0.25) is 9.78 Å². The minimum Gasteiger partial charge on any atom is -0.356 e. The summed E-state index contributed by atoms with van der Waals surface area (Å²) in [5.41, 5.74) is 1.51. The van der Waals surface area contributed by atoms with Gasteiger partial charge in [0.25, 0.3) is 0 Å². The Morgan fingerprint density at radius 2 is 2.00 bits per heavy atom. The summed E-state index contributed by atoms with van der Waals surface area (Å²) in [6.45, 7) is 1.41. The number of nitrogens with zero attached hydrogens (tertiary/aromatic N) is 4. The molecular formula is C23H26N6O3. The lowest BCUT2D eigenvalue weighted by Gasteiger charge is -2.23. The van der Waals surface area contributed by atoms with E-state index in [1.165, 1.54) is 0 Å². The van der Waals surface area contributed by atoms with E-state index in [2.05, 4.69) is 25.8 Å². The standard InChI is InChI=1S/C23H26N6O3/c30-20-11-15-29(23(31)26-19-8-2-1-3-9-19)14-5-7-17(10-13-25-20)22-27-21(28-32-22)18-6-4-12-24-16-18/h1-4,6,8-9,12,16-17H,5,7,10-11,13-15H2,(H,25,30)(H,26,31). The van der Waals surface area contributed by atoms with Crippen molar-refractivity contribution in [3.05, 3.63) is 60.7 Å². The van der Waals surface area contributed by atoms with E-state index >= 15 is 0 Å². The first-order valence-electron chi connectivity index (χ1n) is 10.8. The molecule has 0 saturated carbocycles. The molecule has 9 heteroatoms. The van der Waals surface area contributed by atoms with Gasteiger partial charge in [0.05, 0.1) is 0 Å². The second-order valence-corrected chi connectivity index (χ2v) is 7.71. The van der Waals surface area contributed by atoms with Crippen LogP contribution in [0.25, 0.3) is 11.4 Å². The van der Waals surface area contributed by atoms with Crippen molar-refractivity contribution in [2.45, 2.75) is 31.6 Å². The molecule has 1 atom stereocenters. The molecule has 32 heavy (non-hydrogen) atoms. The number of aromatic nitrogens is 3. The van der Waals surface area contributed by atoms with Crippen molar-refractivity contribution in [2.24, 2.45) is 0 Å². The van der Waals surface area contributed by atoms with E-state index in [4.69, 9.17) is 4.52 Å². The van der Waals surface area contributed by atoms with Crippen LogP contribution in [-0.2, 0) is 4.79 Å². The predicted molar refractivity (Wildman–Crippen MR) is 119 cm³/mol. The summed E-state index contributed by atoms with van der Waals surface area (Å²) in [6, 6.07) is 12.8. The monoisotopic (exact) mass is 434 g/mol. The van der Waals surface area contributed by atoms with E-state index in [-0.39, 0.29) is 24.3 Å². The molecule has 4 rings (SSSR count). The van der Waals surface area contributed by atoms with Gasteiger partial charge in [0.1, 0.15) is 0 Å². The van der Waals surface area contributed by atoms with Gasteiger partial charge in [0.15, 0.2) is 0 Å². The summed E-state index contributed by atoms with van der Waals surface area (Å²) in [5.74, 6) is 0.947. The fourth-order valence-corrected chi connectivity index (χ4v) is 3.68. The number of carbonyl (C=O) groups is 2. The van der Waals surface area contributed by atoms with Crippen molar-refractivity contribution in [2.75, 3.05) is 25.0 Å². The smallest absolute Gasteiger partial charge is 0.321 e. The fraction of sp³-hybridized carbons (Fsp3) is 0.348. The SMILES string of the molecule is O=C1CCN(C(=O)Nc2ccccc2)CCCC(c2nc(-c3cccnc3)no2)CCN1. The molecule has 166 valence electrons. The van der Waals surface area contributed by atoms with E-state index in [0.29, 0.717) is 37.8 Å². The average Bonchev–Trinajstić information content (AvgIpc) is 3.30. The van der Waals surface area contributed by atoms with E-state index in [9.17, 15) is 9.59 Å². The molecule has 3 heterocycles. The molecular weight excluding hydrogens is 408 g/mol. The van der Waals surface area contributed by atoms with E-state index in [0.717, 1.165) is 24.1 Å². The van der Waals surface area contributed by atoms with Crippen molar-refractivity contribution < 1.29 is 14.1 Å². The highest BCUT2D eigenvalue weighted by Crippen LogP contribution is 2.26. The minimum atomic E-state index is -0.212. The number of para-hydroxylation sites is 1. The third-order valence-corrected chi connectivity index (χ3v) is 5.43. The molecule has 3 amide bonds. The summed E-state index contributed by atoms with van der Waals surface area (Å²) in [6.07, 6.45) is 5.85. The normalized spacial score (nSPS) is 17.8. The number of hydrogen-bond donors (Lipinski definition) is 2. The van der Waals surface area contributed by atoms with Crippen LogP contribution in [0.3, 0.4) is 0 Å². The lowest BCUT2D eigenvalue weighted by Crippen LogP contribution is -2.38. The number of nitrogens with one attached hydrogen (secondary N) is 2. The molecule has 3 aromatic rings. The Morgan fingerprint density at radius 1 is 1.12 bits per heavy atom. The van der Waals surface area contributed by atoms with Gasteiger partial charge in [-0.05, 0) is 43.5 Å². The van der Waals surface area contributed by atoms with Gasteiger partial charge in [0.2, 0.25) is 17.6 Å². The van der Waals surface area contributed by atoms with Crippen LogP contribution < -0.4 is 10.6 Å². The Balaban J connectivity index is 1.43. The zero-order chi connectivity index (χ0) is 22.2. The second kappa shape index (κ2) is 10.5. The molecule has 0 bridgehead atoms. The van der Waals surface area contributed by atoms with Crippen LogP contribution in [-0.4, -0.2) is 51.6 Å². The molecule has 1 aliphatic heterocycles.